The van der Waals surface area contributed by atoms with Crippen molar-refractivity contribution in [1.82, 2.24) is 20.2 Å². The van der Waals surface area contributed by atoms with Crippen LogP contribution in [0.2, 0.25) is 0 Å². The zero-order valence-electron chi connectivity index (χ0n) is 9.68. The number of anilines is 1. The van der Waals surface area contributed by atoms with Crippen LogP contribution in [0.1, 0.15) is 19.0 Å². The maximum Gasteiger partial charge on any atom is 0.183 e. The van der Waals surface area contributed by atoms with Gasteiger partial charge in [0.25, 0.3) is 0 Å². The number of aromatic amines is 1. The Balaban J connectivity index is 1.91. The molecule has 2 N–H and O–H groups in total. The van der Waals surface area contributed by atoms with Crippen LogP contribution in [0.5, 0.6) is 0 Å². The van der Waals surface area contributed by atoms with Crippen molar-refractivity contribution in [3.63, 3.8) is 0 Å². The van der Waals surface area contributed by atoms with Crippen molar-refractivity contribution < 1.29 is 0 Å². The van der Waals surface area contributed by atoms with E-state index in [1.165, 1.54) is 6.33 Å². The van der Waals surface area contributed by atoms with Crippen LogP contribution in [0.3, 0.4) is 0 Å². The van der Waals surface area contributed by atoms with E-state index in [0.717, 1.165) is 35.3 Å². The summed E-state index contributed by atoms with van der Waals surface area (Å²) in [6, 6.07) is 4.05. The largest absolute Gasteiger partial charge is 0.385 e. The fourth-order valence-electron chi connectivity index (χ4n) is 1.34. The van der Waals surface area contributed by atoms with E-state index in [0.29, 0.717) is 0 Å². The summed E-state index contributed by atoms with van der Waals surface area (Å²) in [5, 5.41) is 10.8. The lowest BCUT2D eigenvalue weighted by Crippen LogP contribution is -2.00. The Morgan fingerprint density at radius 1 is 1.41 bits per heavy atom. The third kappa shape index (κ3) is 3.74. The van der Waals surface area contributed by atoms with Crippen LogP contribution >= 0.6 is 11.8 Å². The average molecular weight is 249 g/mol. The molecule has 90 valence electrons. The molecule has 17 heavy (non-hydrogen) atoms. The molecular weight excluding hydrogens is 234 g/mol. The SMILES string of the molecule is CCCNc1ccnc(CSc2ncn[nH]2)c1. The molecule has 0 aliphatic heterocycles. The molecule has 0 aliphatic carbocycles. The lowest BCUT2D eigenvalue weighted by molar-refractivity contribution is 0.969. The number of H-pyrrole nitrogens is 1. The highest BCUT2D eigenvalue weighted by atomic mass is 32.2. The minimum absolute atomic E-state index is 0.789. The molecular formula is C11H15N5S. The molecule has 6 heteroatoms. The first kappa shape index (κ1) is 11.9. The number of thioether (sulfide) groups is 1. The minimum atomic E-state index is 0.789. The fraction of sp³-hybridized carbons (Fsp3) is 0.364. The van der Waals surface area contributed by atoms with Crippen LogP contribution < -0.4 is 5.32 Å². The van der Waals surface area contributed by atoms with Crippen LogP contribution in [0, 0.1) is 0 Å². The van der Waals surface area contributed by atoms with Crippen molar-refractivity contribution in [2.75, 3.05) is 11.9 Å². The van der Waals surface area contributed by atoms with Gasteiger partial charge in [-0.25, -0.2) is 4.98 Å². The first-order chi connectivity index (χ1) is 8.38. The van der Waals surface area contributed by atoms with Crippen LogP contribution in [0.25, 0.3) is 0 Å². The van der Waals surface area contributed by atoms with E-state index >= 15 is 0 Å². The second-order valence-corrected chi connectivity index (χ2v) is 4.51. The van der Waals surface area contributed by atoms with Gasteiger partial charge in [-0.1, -0.05) is 18.7 Å². The second-order valence-electron chi connectivity index (χ2n) is 3.54. The predicted octanol–water partition coefficient (Wildman–Crippen LogP) is 2.31. The topological polar surface area (TPSA) is 66.5 Å². The number of hydrogen-bond acceptors (Lipinski definition) is 5. The Kier molecular flexibility index (Phi) is 4.37. The van der Waals surface area contributed by atoms with Crippen molar-refractivity contribution in [2.45, 2.75) is 24.3 Å². The number of nitrogens with zero attached hydrogens (tertiary/aromatic N) is 3. The Morgan fingerprint density at radius 2 is 2.35 bits per heavy atom. The van der Waals surface area contributed by atoms with Crippen molar-refractivity contribution in [1.29, 1.82) is 0 Å². The van der Waals surface area contributed by atoms with Gasteiger partial charge in [0, 0.05) is 24.2 Å². The van der Waals surface area contributed by atoms with Gasteiger partial charge in [-0.15, -0.1) is 0 Å². The molecule has 0 atom stereocenters. The zero-order chi connectivity index (χ0) is 11.9. The molecule has 0 fully saturated rings. The molecule has 5 nitrogen and oxygen atoms in total. The Hall–Kier alpha value is -1.56. The second kappa shape index (κ2) is 6.24. The van der Waals surface area contributed by atoms with E-state index in [1.54, 1.807) is 11.8 Å². The minimum Gasteiger partial charge on any atom is -0.385 e. The van der Waals surface area contributed by atoms with Gasteiger partial charge < -0.3 is 5.32 Å². The van der Waals surface area contributed by atoms with Crippen molar-refractivity contribution in [3.05, 3.63) is 30.4 Å². The number of nitrogens with one attached hydrogen (secondary N) is 2. The summed E-state index contributed by atoms with van der Waals surface area (Å²) in [6.45, 7) is 3.13. The lowest BCUT2D eigenvalue weighted by atomic mass is 10.3. The van der Waals surface area contributed by atoms with Gasteiger partial charge in [0.2, 0.25) is 0 Å². The molecule has 2 rings (SSSR count). The van der Waals surface area contributed by atoms with E-state index in [-0.39, 0.29) is 0 Å². The predicted molar refractivity (Wildman–Crippen MR) is 69.0 cm³/mol. The van der Waals surface area contributed by atoms with E-state index in [4.69, 9.17) is 0 Å². The van der Waals surface area contributed by atoms with Gasteiger partial charge in [-0.2, -0.15) is 5.10 Å². The van der Waals surface area contributed by atoms with Gasteiger partial charge in [0.05, 0.1) is 5.69 Å². The normalized spacial score (nSPS) is 10.4. The summed E-state index contributed by atoms with van der Waals surface area (Å²) >= 11 is 1.59. The molecule has 0 aromatic carbocycles. The van der Waals surface area contributed by atoms with E-state index < -0.39 is 0 Å². The van der Waals surface area contributed by atoms with E-state index in [1.807, 2.05) is 12.3 Å². The third-order valence-corrected chi connectivity index (χ3v) is 3.06. The standard InChI is InChI=1S/C11H15N5S/c1-2-4-12-9-3-5-13-10(6-9)7-17-11-14-8-15-16-11/h3,5-6,8H,2,4,7H2,1H3,(H,12,13)(H,14,15,16). The van der Waals surface area contributed by atoms with Crippen LogP contribution in [0.15, 0.2) is 29.8 Å². The smallest absolute Gasteiger partial charge is 0.183 e. The molecule has 2 aromatic rings. The Labute approximate surface area is 104 Å². The van der Waals surface area contributed by atoms with Gasteiger partial charge in [0.15, 0.2) is 5.16 Å². The molecule has 0 amide bonds. The monoisotopic (exact) mass is 249 g/mol. The van der Waals surface area contributed by atoms with Crippen molar-refractivity contribution in [2.24, 2.45) is 0 Å². The highest BCUT2D eigenvalue weighted by molar-refractivity contribution is 7.98. The summed E-state index contributed by atoms with van der Waals surface area (Å²) in [5.41, 5.74) is 2.16. The molecule has 2 aromatic heterocycles. The van der Waals surface area contributed by atoms with Crippen LogP contribution in [0.4, 0.5) is 5.69 Å². The maximum absolute atomic E-state index is 4.32. The summed E-state index contributed by atoms with van der Waals surface area (Å²) < 4.78 is 0. The number of pyridine rings is 1. The maximum atomic E-state index is 4.32. The molecule has 0 radical (unpaired) electrons. The molecule has 0 bridgehead atoms. The quantitative estimate of drug-likeness (QED) is 0.769. The van der Waals surface area contributed by atoms with Gasteiger partial charge in [0.1, 0.15) is 6.33 Å². The fourth-order valence-corrected chi connectivity index (χ4v) is 2.02. The Bertz CT molecular complexity index is 443. The van der Waals surface area contributed by atoms with E-state index in [9.17, 15) is 0 Å². The summed E-state index contributed by atoms with van der Waals surface area (Å²) in [6.07, 6.45) is 4.45. The highest BCUT2D eigenvalue weighted by Crippen LogP contribution is 2.18. The van der Waals surface area contributed by atoms with E-state index in [2.05, 4.69) is 38.5 Å². The van der Waals surface area contributed by atoms with Crippen LogP contribution in [-0.4, -0.2) is 26.7 Å². The van der Waals surface area contributed by atoms with Crippen molar-refractivity contribution >= 4 is 17.4 Å². The zero-order valence-corrected chi connectivity index (χ0v) is 10.5. The lowest BCUT2D eigenvalue weighted by Gasteiger charge is -2.05. The molecule has 2 heterocycles. The molecule has 0 saturated carbocycles. The van der Waals surface area contributed by atoms with Crippen LogP contribution in [-0.2, 0) is 5.75 Å². The number of aromatic nitrogens is 4. The van der Waals surface area contributed by atoms with Gasteiger partial charge in [-0.05, 0) is 18.6 Å². The molecule has 0 aliphatic rings. The highest BCUT2D eigenvalue weighted by Gasteiger charge is 2.00. The summed E-state index contributed by atoms with van der Waals surface area (Å²) in [4.78, 5) is 8.38. The molecule has 0 saturated heterocycles. The van der Waals surface area contributed by atoms with Crippen molar-refractivity contribution in [3.8, 4) is 0 Å². The summed E-state index contributed by atoms with van der Waals surface area (Å²) in [7, 11) is 0. The molecule has 0 spiro atoms. The molecule has 0 unspecified atom stereocenters. The van der Waals surface area contributed by atoms with Gasteiger partial charge in [-0.3, -0.25) is 10.1 Å². The number of hydrogen-bond donors (Lipinski definition) is 2. The summed E-state index contributed by atoms with van der Waals surface area (Å²) in [5.74, 6) is 0.789. The first-order valence-electron chi connectivity index (χ1n) is 5.55. The third-order valence-electron chi connectivity index (χ3n) is 2.15. The Morgan fingerprint density at radius 3 is 3.12 bits per heavy atom. The van der Waals surface area contributed by atoms with Gasteiger partial charge >= 0.3 is 0 Å². The number of rotatable bonds is 6. The first-order valence-corrected chi connectivity index (χ1v) is 6.54. The average Bonchev–Trinajstić information content (AvgIpc) is 2.87.